The molecular formula is C14H16ClFO3S. The SMILES string of the molecule is CC(C)(C)CCC(=O)Sc1cc(C(=O)O)c(F)cc1Cl. The molecule has 1 N–H and O–H groups in total. The number of thioether (sulfide) groups is 1. The van der Waals surface area contributed by atoms with Crippen molar-refractivity contribution in [3.63, 3.8) is 0 Å². The number of hydrogen-bond donors (Lipinski definition) is 1. The first kappa shape index (κ1) is 17.0. The van der Waals surface area contributed by atoms with Gasteiger partial charge >= 0.3 is 5.97 Å². The van der Waals surface area contributed by atoms with Crippen LogP contribution >= 0.6 is 23.4 Å². The van der Waals surface area contributed by atoms with E-state index in [2.05, 4.69) is 0 Å². The summed E-state index contributed by atoms with van der Waals surface area (Å²) in [6, 6.07) is 2.02. The Morgan fingerprint density at radius 3 is 2.45 bits per heavy atom. The van der Waals surface area contributed by atoms with Crippen LogP contribution in [-0.4, -0.2) is 16.2 Å². The van der Waals surface area contributed by atoms with Crippen LogP contribution < -0.4 is 0 Å². The Labute approximate surface area is 126 Å². The van der Waals surface area contributed by atoms with Crippen LogP contribution in [0, 0.1) is 11.2 Å². The Bertz CT molecular complexity index is 538. The van der Waals surface area contributed by atoms with E-state index < -0.39 is 17.3 Å². The van der Waals surface area contributed by atoms with Crippen molar-refractivity contribution in [2.75, 3.05) is 0 Å². The molecule has 0 unspecified atom stereocenters. The van der Waals surface area contributed by atoms with Gasteiger partial charge in [-0.15, -0.1) is 0 Å². The molecule has 0 amide bonds. The lowest BCUT2D eigenvalue weighted by molar-refractivity contribution is -0.111. The van der Waals surface area contributed by atoms with Crippen molar-refractivity contribution in [1.82, 2.24) is 0 Å². The van der Waals surface area contributed by atoms with Crippen molar-refractivity contribution in [3.05, 3.63) is 28.5 Å². The molecule has 0 aliphatic rings. The number of rotatable bonds is 4. The number of hydrogen-bond acceptors (Lipinski definition) is 3. The van der Waals surface area contributed by atoms with Gasteiger partial charge in [-0.25, -0.2) is 9.18 Å². The standard InChI is InChI=1S/C14H16ClFO3S/c1-14(2,3)5-4-12(17)20-11-6-8(13(18)19)10(16)7-9(11)15/h6-7H,4-5H2,1-3H3,(H,18,19). The largest absolute Gasteiger partial charge is 0.478 e. The summed E-state index contributed by atoms with van der Waals surface area (Å²) in [6.45, 7) is 6.08. The maximum absolute atomic E-state index is 13.4. The monoisotopic (exact) mass is 318 g/mol. The minimum atomic E-state index is -1.39. The average Bonchev–Trinajstić information content (AvgIpc) is 2.28. The number of carbonyl (C=O) groups is 2. The summed E-state index contributed by atoms with van der Waals surface area (Å²) in [4.78, 5) is 23.0. The topological polar surface area (TPSA) is 54.4 Å². The van der Waals surface area contributed by atoms with Gasteiger partial charge in [0.15, 0.2) is 5.12 Å². The molecule has 0 aromatic heterocycles. The van der Waals surface area contributed by atoms with E-state index in [1.807, 2.05) is 20.8 Å². The highest BCUT2D eigenvalue weighted by atomic mass is 35.5. The van der Waals surface area contributed by atoms with Crippen molar-refractivity contribution < 1.29 is 19.1 Å². The zero-order valence-electron chi connectivity index (χ0n) is 11.5. The Balaban J connectivity index is 2.85. The highest BCUT2D eigenvalue weighted by Crippen LogP contribution is 2.32. The molecule has 1 rings (SSSR count). The van der Waals surface area contributed by atoms with Crippen LogP contribution in [0.25, 0.3) is 0 Å². The lowest BCUT2D eigenvalue weighted by Gasteiger charge is -2.16. The van der Waals surface area contributed by atoms with Gasteiger partial charge in [-0.05, 0) is 24.0 Å². The molecule has 0 spiro atoms. The van der Waals surface area contributed by atoms with Gasteiger partial charge in [0, 0.05) is 11.3 Å². The molecule has 0 aliphatic heterocycles. The second-order valence-corrected chi connectivity index (χ2v) is 7.11. The van der Waals surface area contributed by atoms with Gasteiger partial charge in [-0.1, -0.05) is 44.1 Å². The summed E-state index contributed by atoms with van der Waals surface area (Å²) in [7, 11) is 0. The third-order valence-corrected chi connectivity index (χ3v) is 3.97. The molecule has 6 heteroatoms. The molecule has 0 saturated carbocycles. The van der Waals surface area contributed by atoms with E-state index in [4.69, 9.17) is 16.7 Å². The predicted molar refractivity (Wildman–Crippen MR) is 77.9 cm³/mol. The summed E-state index contributed by atoms with van der Waals surface area (Å²) in [5.74, 6) is -2.29. The van der Waals surface area contributed by atoms with Crippen LogP contribution in [0.5, 0.6) is 0 Å². The molecular weight excluding hydrogens is 303 g/mol. The van der Waals surface area contributed by atoms with Crippen molar-refractivity contribution >= 4 is 34.4 Å². The first-order valence-corrected chi connectivity index (χ1v) is 7.22. The zero-order valence-corrected chi connectivity index (χ0v) is 13.1. The van der Waals surface area contributed by atoms with Gasteiger partial charge < -0.3 is 5.11 Å². The number of benzene rings is 1. The van der Waals surface area contributed by atoms with Gasteiger partial charge in [0.2, 0.25) is 0 Å². The molecule has 20 heavy (non-hydrogen) atoms. The molecule has 0 bridgehead atoms. The molecule has 1 aromatic rings. The predicted octanol–water partition coefficient (Wildman–Crippen LogP) is 4.62. The van der Waals surface area contributed by atoms with E-state index in [0.717, 1.165) is 23.9 Å². The molecule has 0 saturated heterocycles. The average molecular weight is 319 g/mol. The van der Waals surface area contributed by atoms with Crippen molar-refractivity contribution in [2.24, 2.45) is 5.41 Å². The number of aromatic carboxylic acids is 1. The van der Waals surface area contributed by atoms with E-state index >= 15 is 0 Å². The second-order valence-electron chi connectivity index (χ2n) is 5.60. The first-order valence-electron chi connectivity index (χ1n) is 6.03. The molecule has 0 radical (unpaired) electrons. The van der Waals surface area contributed by atoms with Crippen LogP contribution in [-0.2, 0) is 4.79 Å². The van der Waals surface area contributed by atoms with Crippen LogP contribution in [0.3, 0.4) is 0 Å². The van der Waals surface area contributed by atoms with Gasteiger partial charge in [0.1, 0.15) is 5.82 Å². The van der Waals surface area contributed by atoms with Gasteiger partial charge in [0.25, 0.3) is 0 Å². The minimum Gasteiger partial charge on any atom is -0.478 e. The zero-order chi connectivity index (χ0) is 15.5. The fourth-order valence-corrected chi connectivity index (χ4v) is 2.47. The fraction of sp³-hybridized carbons (Fsp3) is 0.429. The van der Waals surface area contributed by atoms with Crippen molar-refractivity contribution in [1.29, 1.82) is 0 Å². The number of carboxylic acids is 1. The smallest absolute Gasteiger partial charge is 0.338 e. The summed E-state index contributed by atoms with van der Waals surface area (Å²) in [5.41, 5.74) is -0.449. The summed E-state index contributed by atoms with van der Waals surface area (Å²) < 4.78 is 13.4. The second kappa shape index (κ2) is 6.59. The number of carboxylic acid groups (broad SMARTS) is 1. The molecule has 0 heterocycles. The van der Waals surface area contributed by atoms with E-state index in [1.54, 1.807) is 0 Å². The number of halogens is 2. The summed E-state index contributed by atoms with van der Waals surface area (Å²) >= 11 is 6.68. The van der Waals surface area contributed by atoms with Crippen molar-refractivity contribution in [3.8, 4) is 0 Å². The van der Waals surface area contributed by atoms with Crippen LogP contribution in [0.2, 0.25) is 5.02 Å². The van der Waals surface area contributed by atoms with E-state index in [-0.39, 0.29) is 20.4 Å². The Hall–Kier alpha value is -1.07. The first-order chi connectivity index (χ1) is 9.10. The summed E-state index contributed by atoms with van der Waals surface area (Å²) in [6.07, 6.45) is 1.06. The van der Waals surface area contributed by atoms with Gasteiger partial charge in [-0.2, -0.15) is 0 Å². The van der Waals surface area contributed by atoms with Gasteiger partial charge in [-0.3, -0.25) is 4.79 Å². The lowest BCUT2D eigenvalue weighted by Crippen LogP contribution is -2.07. The third kappa shape index (κ3) is 5.13. The van der Waals surface area contributed by atoms with Crippen LogP contribution in [0.1, 0.15) is 44.0 Å². The maximum Gasteiger partial charge on any atom is 0.338 e. The van der Waals surface area contributed by atoms with Crippen LogP contribution in [0.4, 0.5) is 4.39 Å². The van der Waals surface area contributed by atoms with E-state index in [9.17, 15) is 14.0 Å². The highest BCUT2D eigenvalue weighted by Gasteiger charge is 2.18. The minimum absolute atomic E-state index is 0.0367. The van der Waals surface area contributed by atoms with Crippen LogP contribution in [0.15, 0.2) is 17.0 Å². The Morgan fingerprint density at radius 2 is 1.95 bits per heavy atom. The summed E-state index contributed by atoms with van der Waals surface area (Å²) in [5, 5.41) is 8.77. The third-order valence-electron chi connectivity index (χ3n) is 2.55. The Morgan fingerprint density at radius 1 is 1.35 bits per heavy atom. The van der Waals surface area contributed by atoms with E-state index in [0.29, 0.717) is 12.8 Å². The fourth-order valence-electron chi connectivity index (χ4n) is 1.42. The lowest BCUT2D eigenvalue weighted by atomic mass is 9.91. The van der Waals surface area contributed by atoms with Crippen molar-refractivity contribution in [2.45, 2.75) is 38.5 Å². The van der Waals surface area contributed by atoms with Gasteiger partial charge in [0.05, 0.1) is 10.6 Å². The highest BCUT2D eigenvalue weighted by molar-refractivity contribution is 8.13. The molecule has 1 aromatic carbocycles. The quantitative estimate of drug-likeness (QED) is 0.823. The van der Waals surface area contributed by atoms with E-state index in [1.165, 1.54) is 0 Å². The molecule has 110 valence electrons. The molecule has 3 nitrogen and oxygen atoms in total. The maximum atomic E-state index is 13.4. The molecule has 0 fully saturated rings. The molecule has 0 atom stereocenters. The Kier molecular flexibility index (Phi) is 5.59. The number of carbonyl (C=O) groups excluding carboxylic acids is 1. The normalized spacial score (nSPS) is 11.4. The molecule has 0 aliphatic carbocycles.